The minimum atomic E-state index is -1.35. The fourth-order valence-corrected chi connectivity index (χ4v) is 3.92. The lowest BCUT2D eigenvalue weighted by Crippen LogP contribution is -2.48. The molecule has 35 heavy (non-hydrogen) atoms. The number of imidazole rings is 1. The first-order valence-electron chi connectivity index (χ1n) is 11.3. The minimum absolute atomic E-state index is 0.0133. The molecule has 1 aliphatic heterocycles. The zero-order chi connectivity index (χ0) is 24.7. The van der Waals surface area contributed by atoms with Gasteiger partial charge in [0.2, 0.25) is 0 Å². The number of nitrogens with zero attached hydrogens (tertiary/aromatic N) is 3. The molecule has 0 bridgehead atoms. The van der Waals surface area contributed by atoms with Gasteiger partial charge >= 0.3 is 0 Å². The largest absolute Gasteiger partial charge is 0.493 e. The number of rotatable bonds is 10. The van der Waals surface area contributed by atoms with Gasteiger partial charge in [-0.3, -0.25) is 4.90 Å². The number of aliphatic hydroxyl groups is 1. The van der Waals surface area contributed by atoms with Crippen molar-refractivity contribution in [3.63, 3.8) is 0 Å². The van der Waals surface area contributed by atoms with Crippen molar-refractivity contribution in [3.8, 4) is 17.2 Å². The van der Waals surface area contributed by atoms with Crippen molar-refractivity contribution in [2.75, 3.05) is 46.6 Å². The van der Waals surface area contributed by atoms with Crippen molar-refractivity contribution in [2.45, 2.75) is 18.7 Å². The third-order valence-electron chi connectivity index (χ3n) is 5.58. The van der Waals surface area contributed by atoms with E-state index in [9.17, 15) is 13.9 Å². The molecular weight excluding hydrogens is 460 g/mol. The highest BCUT2D eigenvalue weighted by Gasteiger charge is 2.33. The first-order valence-corrected chi connectivity index (χ1v) is 11.3. The van der Waals surface area contributed by atoms with Gasteiger partial charge in [-0.1, -0.05) is 6.07 Å². The van der Waals surface area contributed by atoms with E-state index in [1.54, 1.807) is 19.6 Å². The molecule has 2 heterocycles. The van der Waals surface area contributed by atoms with Crippen LogP contribution in [0.3, 0.4) is 0 Å². The van der Waals surface area contributed by atoms with Gasteiger partial charge in [-0.25, -0.2) is 13.8 Å². The zero-order valence-electron chi connectivity index (χ0n) is 19.5. The van der Waals surface area contributed by atoms with Crippen LogP contribution in [0.2, 0.25) is 0 Å². The maximum Gasteiger partial charge on any atom is 0.161 e. The number of halogens is 2. The van der Waals surface area contributed by atoms with E-state index >= 15 is 0 Å². The van der Waals surface area contributed by atoms with E-state index in [1.165, 1.54) is 0 Å². The maximum absolute atomic E-state index is 13.5. The van der Waals surface area contributed by atoms with Crippen LogP contribution in [-0.2, 0) is 17.8 Å². The van der Waals surface area contributed by atoms with Crippen LogP contribution >= 0.6 is 0 Å². The van der Waals surface area contributed by atoms with Gasteiger partial charge in [0.05, 0.1) is 33.2 Å². The topological polar surface area (TPSA) is 78.2 Å². The highest BCUT2D eigenvalue weighted by molar-refractivity contribution is 5.43. The minimum Gasteiger partial charge on any atom is -0.493 e. The Bertz CT molecular complexity index is 1080. The van der Waals surface area contributed by atoms with E-state index in [0.29, 0.717) is 44.3 Å². The molecule has 1 aromatic heterocycles. The molecule has 1 saturated heterocycles. The van der Waals surface area contributed by atoms with E-state index in [-0.39, 0.29) is 25.5 Å². The second-order valence-electron chi connectivity index (χ2n) is 8.52. The maximum atomic E-state index is 13.5. The fraction of sp³-hybridized carbons (Fsp3) is 0.400. The second-order valence-corrected chi connectivity index (χ2v) is 8.52. The zero-order valence-corrected chi connectivity index (χ0v) is 19.5. The molecule has 1 aliphatic rings. The molecule has 0 unspecified atom stereocenters. The second kappa shape index (κ2) is 11.5. The van der Waals surface area contributed by atoms with Crippen LogP contribution in [0.25, 0.3) is 0 Å². The summed E-state index contributed by atoms with van der Waals surface area (Å²) in [4.78, 5) is 6.06. The Morgan fingerprint density at radius 2 is 1.94 bits per heavy atom. The van der Waals surface area contributed by atoms with Crippen molar-refractivity contribution in [1.29, 1.82) is 0 Å². The lowest BCUT2D eigenvalue weighted by Gasteiger charge is -2.30. The highest BCUT2D eigenvalue weighted by atomic mass is 19.1. The van der Waals surface area contributed by atoms with Gasteiger partial charge < -0.3 is 28.6 Å². The molecule has 0 spiro atoms. The standard InChI is InChI=1S/C25H29F2N3O5/c1-32-23-3-2-19(10-24(23)34-9-7-29-5-4-28-18-29)14-30-6-8-33-16-25(31,15-30)17-35-22-12-20(26)11-21(27)13-22/h2-5,10-13,18,31H,6-9,14-17H2,1H3/t25-/m1/s1. The van der Waals surface area contributed by atoms with Gasteiger partial charge in [0.25, 0.3) is 0 Å². The van der Waals surface area contributed by atoms with Gasteiger partial charge in [0.15, 0.2) is 11.5 Å². The monoisotopic (exact) mass is 489 g/mol. The van der Waals surface area contributed by atoms with Crippen LogP contribution in [0, 0.1) is 11.6 Å². The van der Waals surface area contributed by atoms with Gasteiger partial charge in [-0.05, 0) is 17.7 Å². The summed E-state index contributed by atoms with van der Waals surface area (Å²) in [7, 11) is 1.59. The number of aromatic nitrogens is 2. The van der Waals surface area contributed by atoms with Crippen molar-refractivity contribution in [1.82, 2.24) is 14.5 Å². The highest BCUT2D eigenvalue weighted by Crippen LogP contribution is 2.29. The molecule has 188 valence electrons. The van der Waals surface area contributed by atoms with E-state index in [0.717, 1.165) is 23.8 Å². The lowest BCUT2D eigenvalue weighted by molar-refractivity contribution is -0.0647. The van der Waals surface area contributed by atoms with Crippen LogP contribution in [-0.4, -0.2) is 71.8 Å². The average molecular weight is 490 g/mol. The molecule has 10 heteroatoms. The fourth-order valence-electron chi connectivity index (χ4n) is 3.92. The Morgan fingerprint density at radius 3 is 2.69 bits per heavy atom. The summed E-state index contributed by atoms with van der Waals surface area (Å²) in [5.41, 5.74) is -0.378. The molecular formula is C25H29F2N3O5. The molecule has 0 saturated carbocycles. The lowest BCUT2D eigenvalue weighted by atomic mass is 10.1. The Hall–Kier alpha value is -3.21. The number of methoxy groups -OCH3 is 1. The van der Waals surface area contributed by atoms with Gasteiger partial charge in [0, 0.05) is 50.2 Å². The molecule has 0 amide bonds. The van der Waals surface area contributed by atoms with Gasteiger partial charge in [-0.2, -0.15) is 0 Å². The molecule has 1 atom stereocenters. The molecule has 1 fully saturated rings. The summed E-state index contributed by atoms with van der Waals surface area (Å²) in [5, 5.41) is 11.1. The smallest absolute Gasteiger partial charge is 0.161 e. The predicted octanol–water partition coefficient (Wildman–Crippen LogP) is 2.89. The van der Waals surface area contributed by atoms with Crippen LogP contribution in [0.15, 0.2) is 55.1 Å². The van der Waals surface area contributed by atoms with E-state index in [4.69, 9.17) is 18.9 Å². The summed E-state index contributed by atoms with van der Waals surface area (Å²) in [5.74, 6) is -0.213. The SMILES string of the molecule is COc1ccc(CN2CCOC[C@@](O)(COc3cc(F)cc(F)c3)C2)cc1OCCn1ccnc1. The van der Waals surface area contributed by atoms with Crippen molar-refractivity contribution in [2.24, 2.45) is 0 Å². The summed E-state index contributed by atoms with van der Waals surface area (Å²) in [6, 6.07) is 8.63. The van der Waals surface area contributed by atoms with E-state index in [1.807, 2.05) is 33.9 Å². The molecule has 1 N–H and O–H groups in total. The van der Waals surface area contributed by atoms with Crippen LogP contribution in [0.4, 0.5) is 8.78 Å². The third kappa shape index (κ3) is 7.14. The predicted molar refractivity (Wildman–Crippen MR) is 124 cm³/mol. The van der Waals surface area contributed by atoms with Crippen LogP contribution in [0.1, 0.15) is 5.56 Å². The van der Waals surface area contributed by atoms with Crippen molar-refractivity contribution >= 4 is 0 Å². The number of β-amino-alcohol motifs (C(OH)–C–C–N with tert-alkyl or cyclic N) is 1. The summed E-state index contributed by atoms with van der Waals surface area (Å²) in [6.07, 6.45) is 5.32. The quantitative estimate of drug-likeness (QED) is 0.469. The first kappa shape index (κ1) is 24.9. The van der Waals surface area contributed by atoms with Crippen molar-refractivity contribution in [3.05, 3.63) is 72.3 Å². The van der Waals surface area contributed by atoms with Crippen molar-refractivity contribution < 1.29 is 32.8 Å². The molecule has 0 radical (unpaired) electrons. The molecule has 2 aromatic carbocycles. The third-order valence-corrected chi connectivity index (χ3v) is 5.58. The Morgan fingerprint density at radius 1 is 1.11 bits per heavy atom. The van der Waals surface area contributed by atoms with Crippen LogP contribution < -0.4 is 14.2 Å². The molecule has 3 aromatic rings. The Balaban J connectivity index is 1.38. The summed E-state index contributed by atoms with van der Waals surface area (Å²) < 4.78 is 51.3. The number of hydrogen-bond acceptors (Lipinski definition) is 7. The normalized spacial score (nSPS) is 18.7. The number of benzene rings is 2. The Kier molecular flexibility index (Phi) is 8.17. The average Bonchev–Trinajstić information content (AvgIpc) is 3.27. The summed E-state index contributed by atoms with van der Waals surface area (Å²) >= 11 is 0. The van der Waals surface area contributed by atoms with Gasteiger partial charge in [0.1, 0.15) is 36.2 Å². The number of ether oxygens (including phenoxy) is 4. The summed E-state index contributed by atoms with van der Waals surface area (Å²) in [6.45, 7) is 2.80. The van der Waals surface area contributed by atoms with E-state index < -0.39 is 17.2 Å². The molecule has 0 aliphatic carbocycles. The molecule has 8 nitrogen and oxygen atoms in total. The number of hydrogen-bond donors (Lipinski definition) is 1. The van der Waals surface area contributed by atoms with Gasteiger partial charge in [-0.15, -0.1) is 0 Å². The first-order chi connectivity index (χ1) is 16.9. The molecule has 4 rings (SSSR count). The van der Waals surface area contributed by atoms with Crippen LogP contribution in [0.5, 0.6) is 17.2 Å². The van der Waals surface area contributed by atoms with E-state index in [2.05, 4.69) is 4.98 Å². The Labute approximate surface area is 202 Å².